The molecule has 0 aromatic carbocycles. The summed E-state index contributed by atoms with van der Waals surface area (Å²) in [5.41, 5.74) is 0. The van der Waals surface area contributed by atoms with Gasteiger partial charge < -0.3 is 40.9 Å². The van der Waals surface area contributed by atoms with Crippen molar-refractivity contribution in [2.24, 2.45) is 0 Å². The lowest BCUT2D eigenvalue weighted by Crippen LogP contribution is -2.42. The first-order chi connectivity index (χ1) is 7.05. The molecule has 8 heteroatoms. The minimum atomic E-state index is -3.17. The SMILES string of the molecule is OC(CCCCC(O)C(O)(O)O)C(O)(O)O. The van der Waals surface area contributed by atoms with Gasteiger partial charge in [0.05, 0.1) is 0 Å². The van der Waals surface area contributed by atoms with Crippen molar-refractivity contribution >= 4 is 0 Å². The molecule has 0 saturated carbocycles. The summed E-state index contributed by atoms with van der Waals surface area (Å²) in [4.78, 5) is 0. The number of hydrogen-bond donors (Lipinski definition) is 8. The van der Waals surface area contributed by atoms with Crippen LogP contribution < -0.4 is 0 Å². The molecule has 0 fully saturated rings. The molecular weight excluding hydrogens is 224 g/mol. The summed E-state index contributed by atoms with van der Waals surface area (Å²) >= 11 is 0. The highest BCUT2D eigenvalue weighted by Gasteiger charge is 2.31. The van der Waals surface area contributed by atoms with E-state index in [0.717, 1.165) is 0 Å². The highest BCUT2D eigenvalue weighted by molar-refractivity contribution is 4.66. The zero-order valence-corrected chi connectivity index (χ0v) is 8.56. The Labute approximate surface area is 91.6 Å². The van der Waals surface area contributed by atoms with Gasteiger partial charge in [-0.25, -0.2) is 0 Å². The Morgan fingerprint density at radius 2 is 0.875 bits per heavy atom. The van der Waals surface area contributed by atoms with Gasteiger partial charge in [0.1, 0.15) is 12.2 Å². The lowest BCUT2D eigenvalue weighted by atomic mass is 10.1. The summed E-state index contributed by atoms with van der Waals surface area (Å²) in [6.45, 7) is 0. The van der Waals surface area contributed by atoms with E-state index in [1.54, 1.807) is 0 Å². The van der Waals surface area contributed by atoms with E-state index in [-0.39, 0.29) is 25.7 Å². The molecule has 0 saturated heterocycles. The molecule has 0 spiro atoms. The molecule has 0 aromatic rings. The van der Waals surface area contributed by atoms with E-state index in [0.29, 0.717) is 0 Å². The van der Waals surface area contributed by atoms with Crippen LogP contribution in [0.15, 0.2) is 0 Å². The normalized spacial score (nSPS) is 17.2. The number of rotatable bonds is 7. The van der Waals surface area contributed by atoms with Crippen molar-refractivity contribution in [2.45, 2.75) is 49.8 Å². The van der Waals surface area contributed by atoms with E-state index in [1.807, 2.05) is 0 Å². The quantitative estimate of drug-likeness (QED) is 0.169. The van der Waals surface area contributed by atoms with Crippen LogP contribution in [0.2, 0.25) is 0 Å². The minimum absolute atomic E-state index is 0.161. The minimum Gasteiger partial charge on any atom is -0.385 e. The largest absolute Gasteiger partial charge is 0.385 e. The fourth-order valence-corrected chi connectivity index (χ4v) is 1.06. The van der Waals surface area contributed by atoms with Crippen LogP contribution in [-0.2, 0) is 0 Å². The van der Waals surface area contributed by atoms with Crippen LogP contribution in [-0.4, -0.2) is 65.0 Å². The van der Waals surface area contributed by atoms with Gasteiger partial charge in [-0.05, 0) is 12.8 Å². The lowest BCUT2D eigenvalue weighted by Gasteiger charge is -2.22. The molecule has 2 atom stereocenters. The maximum absolute atomic E-state index is 8.95. The topological polar surface area (TPSA) is 162 Å². The molecule has 0 aliphatic heterocycles. The molecule has 0 radical (unpaired) electrons. The number of aliphatic hydroxyl groups is 8. The molecule has 0 heterocycles. The van der Waals surface area contributed by atoms with Crippen LogP contribution in [0, 0.1) is 0 Å². The summed E-state index contributed by atoms with van der Waals surface area (Å²) in [5, 5.41) is 69.0. The Kier molecular flexibility index (Phi) is 5.73. The standard InChI is InChI=1S/C8H18O8/c9-5(7(11,12)13)3-1-2-4-6(10)8(14,15)16/h5-6,9-16H,1-4H2. The molecule has 0 rings (SSSR count). The van der Waals surface area contributed by atoms with E-state index < -0.39 is 24.2 Å². The first-order valence-electron chi connectivity index (χ1n) is 4.75. The van der Waals surface area contributed by atoms with Gasteiger partial charge in [-0.2, -0.15) is 0 Å². The van der Waals surface area contributed by atoms with E-state index >= 15 is 0 Å². The summed E-state index contributed by atoms with van der Waals surface area (Å²) < 4.78 is 0. The second-order valence-electron chi connectivity index (χ2n) is 3.69. The molecule has 2 unspecified atom stereocenters. The molecule has 0 aromatic heterocycles. The average molecular weight is 242 g/mol. The monoisotopic (exact) mass is 242 g/mol. The maximum Gasteiger partial charge on any atom is 0.302 e. The van der Waals surface area contributed by atoms with Gasteiger partial charge in [-0.1, -0.05) is 12.8 Å². The molecule has 0 aliphatic rings. The van der Waals surface area contributed by atoms with E-state index in [2.05, 4.69) is 0 Å². The van der Waals surface area contributed by atoms with Crippen molar-refractivity contribution in [3.05, 3.63) is 0 Å². The molecule has 8 nitrogen and oxygen atoms in total. The van der Waals surface area contributed by atoms with Crippen molar-refractivity contribution in [1.82, 2.24) is 0 Å². The predicted molar refractivity (Wildman–Crippen MR) is 49.3 cm³/mol. The first-order valence-corrected chi connectivity index (χ1v) is 4.75. The Balaban J connectivity index is 3.70. The summed E-state index contributed by atoms with van der Waals surface area (Å²) in [6.07, 6.45) is -3.48. The van der Waals surface area contributed by atoms with Crippen LogP contribution in [0.5, 0.6) is 0 Å². The maximum atomic E-state index is 8.95. The molecule has 8 N–H and O–H groups in total. The highest BCUT2D eigenvalue weighted by Crippen LogP contribution is 2.14. The average Bonchev–Trinajstić information content (AvgIpc) is 2.08. The molecule has 16 heavy (non-hydrogen) atoms. The van der Waals surface area contributed by atoms with Crippen LogP contribution in [0.4, 0.5) is 0 Å². The second kappa shape index (κ2) is 5.84. The number of hydrogen-bond acceptors (Lipinski definition) is 8. The molecule has 0 bridgehead atoms. The van der Waals surface area contributed by atoms with E-state index in [9.17, 15) is 0 Å². The summed E-state index contributed by atoms with van der Waals surface area (Å²) in [5.74, 6) is -6.35. The fourth-order valence-electron chi connectivity index (χ4n) is 1.06. The zero-order chi connectivity index (χ0) is 13.0. The molecular formula is C8H18O8. The van der Waals surface area contributed by atoms with Crippen molar-refractivity contribution in [3.8, 4) is 0 Å². The lowest BCUT2D eigenvalue weighted by molar-refractivity contribution is -0.357. The summed E-state index contributed by atoms with van der Waals surface area (Å²) in [7, 11) is 0. The zero-order valence-electron chi connectivity index (χ0n) is 8.56. The van der Waals surface area contributed by atoms with Crippen molar-refractivity contribution in [1.29, 1.82) is 0 Å². The Hall–Kier alpha value is -0.320. The van der Waals surface area contributed by atoms with Crippen molar-refractivity contribution in [3.63, 3.8) is 0 Å². The smallest absolute Gasteiger partial charge is 0.302 e. The van der Waals surface area contributed by atoms with Crippen molar-refractivity contribution < 1.29 is 40.9 Å². The number of aliphatic hydroxyl groups excluding tert-OH is 2. The van der Waals surface area contributed by atoms with E-state index in [4.69, 9.17) is 40.9 Å². The Morgan fingerprint density at radius 3 is 1.06 bits per heavy atom. The van der Waals surface area contributed by atoms with Crippen LogP contribution >= 0.6 is 0 Å². The van der Waals surface area contributed by atoms with Gasteiger partial charge in [-0.15, -0.1) is 0 Å². The Bertz CT molecular complexity index is 171. The van der Waals surface area contributed by atoms with Gasteiger partial charge in [0.25, 0.3) is 0 Å². The fraction of sp³-hybridized carbons (Fsp3) is 1.00. The third kappa shape index (κ3) is 6.30. The van der Waals surface area contributed by atoms with Gasteiger partial charge >= 0.3 is 11.9 Å². The van der Waals surface area contributed by atoms with E-state index in [1.165, 1.54) is 0 Å². The molecule has 98 valence electrons. The van der Waals surface area contributed by atoms with Gasteiger partial charge in [0.15, 0.2) is 0 Å². The third-order valence-electron chi connectivity index (χ3n) is 2.10. The third-order valence-corrected chi connectivity index (χ3v) is 2.10. The van der Waals surface area contributed by atoms with Gasteiger partial charge in [0, 0.05) is 0 Å². The predicted octanol–water partition coefficient (Wildman–Crippen LogP) is -3.47. The van der Waals surface area contributed by atoms with Crippen LogP contribution in [0.3, 0.4) is 0 Å². The van der Waals surface area contributed by atoms with Crippen LogP contribution in [0.25, 0.3) is 0 Å². The second-order valence-corrected chi connectivity index (χ2v) is 3.69. The first kappa shape index (κ1) is 15.7. The van der Waals surface area contributed by atoms with Gasteiger partial charge in [0.2, 0.25) is 0 Å². The van der Waals surface area contributed by atoms with Crippen molar-refractivity contribution in [2.75, 3.05) is 0 Å². The van der Waals surface area contributed by atoms with Crippen LogP contribution in [0.1, 0.15) is 25.7 Å². The summed E-state index contributed by atoms with van der Waals surface area (Å²) in [6, 6.07) is 0. The molecule has 0 aliphatic carbocycles. The van der Waals surface area contributed by atoms with Gasteiger partial charge in [-0.3, -0.25) is 0 Å². The number of unbranched alkanes of at least 4 members (excludes halogenated alkanes) is 1. The Morgan fingerprint density at radius 1 is 0.625 bits per heavy atom. The molecule has 0 amide bonds. The highest BCUT2D eigenvalue weighted by atomic mass is 16.7.